The first-order valence-electron chi connectivity index (χ1n) is 10.7. The van der Waals surface area contributed by atoms with Gasteiger partial charge in [0.05, 0.1) is 13.2 Å². The summed E-state index contributed by atoms with van der Waals surface area (Å²) in [5, 5.41) is 6.79. The summed E-state index contributed by atoms with van der Waals surface area (Å²) in [7, 11) is 0. The molecule has 160 valence electrons. The highest BCUT2D eigenvalue weighted by Gasteiger charge is 2.16. The molecule has 0 spiro atoms. The Labute approximate surface area is 183 Å². The Hall–Kier alpha value is -0.120. The summed E-state index contributed by atoms with van der Waals surface area (Å²) in [5.74, 6) is 2.39. The third-order valence-electron chi connectivity index (χ3n) is 5.12. The van der Waals surface area contributed by atoms with Gasteiger partial charge in [-0.2, -0.15) is 0 Å². The first kappa shape index (κ1) is 24.9. The minimum atomic E-state index is 0. The molecule has 0 aliphatic carbocycles. The average Bonchev–Trinajstić information content (AvgIpc) is 3.15. The molecule has 2 saturated heterocycles. The quantitative estimate of drug-likeness (QED) is 0.200. The minimum Gasteiger partial charge on any atom is -0.381 e. The van der Waals surface area contributed by atoms with E-state index in [0.717, 1.165) is 70.8 Å². The van der Waals surface area contributed by atoms with E-state index < -0.39 is 0 Å². The lowest BCUT2D eigenvalue weighted by Gasteiger charge is -2.30. The summed E-state index contributed by atoms with van der Waals surface area (Å²) < 4.78 is 11.1. The van der Waals surface area contributed by atoms with Crippen LogP contribution in [0.15, 0.2) is 4.99 Å². The smallest absolute Gasteiger partial charge is 0.191 e. The molecule has 2 aliphatic heterocycles. The molecular formula is C20H41IN4O2. The lowest BCUT2D eigenvalue weighted by Crippen LogP contribution is -2.40. The third kappa shape index (κ3) is 11.5. The van der Waals surface area contributed by atoms with E-state index in [4.69, 9.17) is 9.47 Å². The molecule has 0 radical (unpaired) electrons. The first-order valence-corrected chi connectivity index (χ1v) is 10.7. The maximum Gasteiger partial charge on any atom is 0.191 e. The van der Waals surface area contributed by atoms with E-state index in [-0.39, 0.29) is 24.0 Å². The van der Waals surface area contributed by atoms with Crippen LogP contribution in [-0.2, 0) is 9.47 Å². The van der Waals surface area contributed by atoms with Crippen molar-refractivity contribution >= 4 is 29.9 Å². The van der Waals surface area contributed by atoms with Gasteiger partial charge in [0.15, 0.2) is 5.96 Å². The fourth-order valence-corrected chi connectivity index (χ4v) is 3.66. The van der Waals surface area contributed by atoms with Crippen molar-refractivity contribution in [1.29, 1.82) is 0 Å². The van der Waals surface area contributed by atoms with Gasteiger partial charge in [0.1, 0.15) is 0 Å². The van der Waals surface area contributed by atoms with Gasteiger partial charge in [-0.25, -0.2) is 0 Å². The number of guanidine groups is 1. The fourth-order valence-electron chi connectivity index (χ4n) is 3.66. The molecule has 27 heavy (non-hydrogen) atoms. The van der Waals surface area contributed by atoms with Crippen molar-refractivity contribution < 1.29 is 9.47 Å². The Bertz CT molecular complexity index is 392. The van der Waals surface area contributed by atoms with Crippen molar-refractivity contribution in [3.63, 3.8) is 0 Å². The van der Waals surface area contributed by atoms with Crippen molar-refractivity contribution in [2.75, 3.05) is 65.7 Å². The van der Waals surface area contributed by atoms with E-state index in [0.29, 0.717) is 5.92 Å². The lowest BCUT2D eigenvalue weighted by atomic mass is 10.0. The van der Waals surface area contributed by atoms with Crippen LogP contribution < -0.4 is 10.6 Å². The molecule has 2 N–H and O–H groups in total. The van der Waals surface area contributed by atoms with Crippen LogP contribution in [0.4, 0.5) is 0 Å². The molecule has 2 fully saturated rings. The summed E-state index contributed by atoms with van der Waals surface area (Å²) in [4.78, 5) is 7.26. The zero-order valence-corrected chi connectivity index (χ0v) is 19.7. The highest BCUT2D eigenvalue weighted by atomic mass is 127. The van der Waals surface area contributed by atoms with Crippen LogP contribution >= 0.6 is 24.0 Å². The number of rotatable bonds is 11. The van der Waals surface area contributed by atoms with E-state index in [1.165, 1.54) is 38.9 Å². The molecule has 2 aliphatic rings. The van der Waals surface area contributed by atoms with Crippen LogP contribution in [0.1, 0.15) is 46.0 Å². The molecule has 2 unspecified atom stereocenters. The van der Waals surface area contributed by atoms with Gasteiger partial charge in [-0.05, 0) is 58.0 Å². The number of nitrogens with zero attached hydrogens (tertiary/aromatic N) is 2. The van der Waals surface area contributed by atoms with Gasteiger partial charge in [0.25, 0.3) is 0 Å². The van der Waals surface area contributed by atoms with E-state index in [9.17, 15) is 0 Å². The van der Waals surface area contributed by atoms with Crippen molar-refractivity contribution in [2.24, 2.45) is 16.8 Å². The predicted molar refractivity (Wildman–Crippen MR) is 123 cm³/mol. The van der Waals surface area contributed by atoms with Crippen molar-refractivity contribution in [3.8, 4) is 0 Å². The van der Waals surface area contributed by atoms with E-state index in [1.54, 1.807) is 0 Å². The Balaban J connectivity index is 0.00000364. The minimum absolute atomic E-state index is 0. The zero-order valence-electron chi connectivity index (χ0n) is 17.4. The molecule has 0 aromatic rings. The molecule has 2 atom stereocenters. The Morgan fingerprint density at radius 1 is 1.26 bits per heavy atom. The maximum absolute atomic E-state index is 5.74. The number of aliphatic imine (C=N–C) groups is 1. The Morgan fingerprint density at radius 3 is 2.89 bits per heavy atom. The predicted octanol–water partition coefficient (Wildman–Crippen LogP) is 2.72. The molecule has 0 aromatic heterocycles. The van der Waals surface area contributed by atoms with Crippen LogP contribution in [0.25, 0.3) is 0 Å². The monoisotopic (exact) mass is 496 g/mol. The van der Waals surface area contributed by atoms with Gasteiger partial charge in [-0.3, -0.25) is 4.99 Å². The number of piperidine rings is 1. The summed E-state index contributed by atoms with van der Waals surface area (Å²) in [6.45, 7) is 14.3. The number of hydrogen-bond donors (Lipinski definition) is 2. The van der Waals surface area contributed by atoms with Crippen molar-refractivity contribution in [1.82, 2.24) is 15.5 Å². The fraction of sp³-hybridized carbons (Fsp3) is 0.950. The van der Waals surface area contributed by atoms with Gasteiger partial charge in [-0.1, -0.05) is 6.92 Å². The molecule has 6 nitrogen and oxygen atoms in total. The first-order chi connectivity index (χ1) is 12.8. The largest absolute Gasteiger partial charge is 0.381 e. The molecule has 2 heterocycles. The lowest BCUT2D eigenvalue weighted by molar-refractivity contribution is 0.0893. The van der Waals surface area contributed by atoms with Crippen LogP contribution in [0.2, 0.25) is 0 Å². The summed E-state index contributed by atoms with van der Waals surface area (Å²) in [5.41, 5.74) is 0. The molecule has 0 aromatic carbocycles. The Kier molecular flexibility index (Phi) is 14.5. The second-order valence-corrected chi connectivity index (χ2v) is 7.75. The van der Waals surface area contributed by atoms with Crippen molar-refractivity contribution in [3.05, 3.63) is 0 Å². The standard InChI is InChI=1S/C20H40N4O2.HI/c1-3-21-20(22-9-5-12-24-11-4-7-18(2)15-24)23-10-6-13-25-16-19-8-14-26-17-19;/h18-19H,3-17H2,1-2H3,(H2,21,22,23);1H. The summed E-state index contributed by atoms with van der Waals surface area (Å²) in [6, 6.07) is 0. The van der Waals surface area contributed by atoms with Gasteiger partial charge >= 0.3 is 0 Å². The number of likely N-dealkylation sites (tertiary alicyclic amines) is 1. The maximum atomic E-state index is 5.74. The van der Waals surface area contributed by atoms with E-state index in [1.807, 2.05) is 0 Å². The molecule has 7 heteroatoms. The van der Waals surface area contributed by atoms with Gasteiger partial charge in [-0.15, -0.1) is 24.0 Å². The number of nitrogens with one attached hydrogen (secondary N) is 2. The molecule has 2 rings (SSSR count). The molecule has 0 amide bonds. The van der Waals surface area contributed by atoms with Gasteiger partial charge in [0.2, 0.25) is 0 Å². The summed E-state index contributed by atoms with van der Waals surface area (Å²) >= 11 is 0. The average molecular weight is 496 g/mol. The van der Waals surface area contributed by atoms with Crippen LogP contribution in [0.3, 0.4) is 0 Å². The van der Waals surface area contributed by atoms with Crippen LogP contribution in [0, 0.1) is 11.8 Å². The van der Waals surface area contributed by atoms with Gasteiger partial charge < -0.3 is 25.0 Å². The van der Waals surface area contributed by atoms with E-state index in [2.05, 4.69) is 34.4 Å². The molecule has 0 bridgehead atoms. The number of halogens is 1. The normalized spacial score (nSPS) is 23.9. The summed E-state index contributed by atoms with van der Waals surface area (Å²) in [6.07, 6.45) is 6.03. The van der Waals surface area contributed by atoms with Gasteiger partial charge in [0, 0.05) is 45.3 Å². The van der Waals surface area contributed by atoms with Crippen LogP contribution in [-0.4, -0.2) is 76.6 Å². The van der Waals surface area contributed by atoms with Crippen molar-refractivity contribution in [2.45, 2.75) is 46.0 Å². The number of ether oxygens (including phenoxy) is 2. The SMILES string of the molecule is CCNC(=NCCCOCC1CCOC1)NCCCN1CCCC(C)C1.I. The molecule has 0 saturated carbocycles. The molecular weight excluding hydrogens is 455 g/mol. The highest BCUT2D eigenvalue weighted by Crippen LogP contribution is 2.15. The van der Waals surface area contributed by atoms with Crippen LogP contribution in [0.5, 0.6) is 0 Å². The second kappa shape index (κ2) is 15.8. The number of hydrogen-bond acceptors (Lipinski definition) is 4. The topological polar surface area (TPSA) is 58.1 Å². The highest BCUT2D eigenvalue weighted by molar-refractivity contribution is 14.0. The van der Waals surface area contributed by atoms with E-state index >= 15 is 0 Å². The Morgan fingerprint density at radius 2 is 2.15 bits per heavy atom. The second-order valence-electron chi connectivity index (χ2n) is 7.75. The zero-order chi connectivity index (χ0) is 18.5. The third-order valence-corrected chi connectivity index (χ3v) is 5.12.